The molecule has 1 unspecified atom stereocenters. The fraction of sp³-hybridized carbons (Fsp3) is 0.316. The second kappa shape index (κ2) is 6.72. The molecule has 1 N–H and O–H groups in total. The Labute approximate surface area is 146 Å². The molecular weight excluding hydrogens is 323 g/mol. The van der Waals surface area contributed by atoms with Crippen molar-refractivity contribution in [2.24, 2.45) is 0 Å². The number of halogens is 1. The molecule has 6 heteroatoms. The molecule has 2 aromatic carbocycles. The molecule has 1 saturated heterocycles. The van der Waals surface area contributed by atoms with E-state index in [1.54, 1.807) is 29.0 Å². The van der Waals surface area contributed by atoms with E-state index in [4.69, 9.17) is 4.74 Å². The Balaban J connectivity index is 1.91. The first-order valence-corrected chi connectivity index (χ1v) is 8.09. The van der Waals surface area contributed by atoms with Crippen molar-refractivity contribution in [2.45, 2.75) is 12.5 Å². The summed E-state index contributed by atoms with van der Waals surface area (Å²) in [5.74, 6) is 0.322. The molecule has 1 atom stereocenters. The van der Waals surface area contributed by atoms with Crippen LogP contribution in [0.4, 0.5) is 14.9 Å². The number of hydrogen-bond acceptors (Lipinski definition) is 3. The molecule has 1 fully saturated rings. The Morgan fingerprint density at radius 2 is 1.92 bits per heavy atom. The lowest BCUT2D eigenvalue weighted by molar-refractivity contribution is 0.0821. The maximum Gasteiger partial charge on any atom is 0.325 e. The van der Waals surface area contributed by atoms with Crippen LogP contribution in [-0.2, 0) is 5.54 Å². The maximum atomic E-state index is 13.1. The molecule has 3 rings (SSSR count). The van der Waals surface area contributed by atoms with E-state index in [0.717, 1.165) is 5.56 Å². The van der Waals surface area contributed by atoms with E-state index in [9.17, 15) is 14.3 Å². The zero-order valence-electron chi connectivity index (χ0n) is 14.3. The van der Waals surface area contributed by atoms with E-state index in [2.05, 4.69) is 0 Å². The Morgan fingerprint density at radius 3 is 2.56 bits per heavy atom. The summed E-state index contributed by atoms with van der Waals surface area (Å²) >= 11 is 0. The van der Waals surface area contributed by atoms with Crippen molar-refractivity contribution in [1.82, 2.24) is 4.90 Å². The zero-order chi connectivity index (χ0) is 18.0. The summed E-state index contributed by atoms with van der Waals surface area (Å²) in [6.45, 7) is 2.55. The number of rotatable bonds is 5. The number of urea groups is 1. The fourth-order valence-corrected chi connectivity index (χ4v) is 3.15. The topological polar surface area (TPSA) is 53.0 Å². The summed E-state index contributed by atoms with van der Waals surface area (Å²) in [5, 5.41) is 10.1. The molecular formula is C19H21FN2O3. The van der Waals surface area contributed by atoms with Crippen LogP contribution in [0.2, 0.25) is 0 Å². The first-order chi connectivity index (χ1) is 12.0. The minimum Gasteiger partial charge on any atom is -0.497 e. The van der Waals surface area contributed by atoms with E-state index in [1.165, 1.54) is 12.1 Å². The average molecular weight is 344 g/mol. The molecule has 0 aromatic heterocycles. The van der Waals surface area contributed by atoms with Gasteiger partial charge in [-0.3, -0.25) is 4.90 Å². The molecule has 0 saturated carbocycles. The van der Waals surface area contributed by atoms with E-state index in [-0.39, 0.29) is 18.5 Å². The highest BCUT2D eigenvalue weighted by Crippen LogP contribution is 2.34. The second-order valence-electron chi connectivity index (χ2n) is 6.23. The molecule has 0 spiro atoms. The molecule has 1 aliphatic heterocycles. The number of aliphatic hydroxyl groups is 1. The molecule has 25 heavy (non-hydrogen) atoms. The van der Waals surface area contributed by atoms with Crippen molar-refractivity contribution in [3.05, 3.63) is 59.9 Å². The van der Waals surface area contributed by atoms with Crippen LogP contribution in [0.25, 0.3) is 0 Å². The number of nitrogens with zero attached hydrogens (tertiary/aromatic N) is 2. The number of ether oxygens (including phenoxy) is 1. The number of amides is 2. The number of carbonyl (C=O) groups excluding carboxylic acids is 1. The number of hydrogen-bond donors (Lipinski definition) is 1. The number of benzene rings is 2. The van der Waals surface area contributed by atoms with Crippen LogP contribution in [0.15, 0.2) is 48.5 Å². The zero-order valence-corrected chi connectivity index (χ0v) is 14.3. The summed E-state index contributed by atoms with van der Waals surface area (Å²) in [4.78, 5) is 16.2. The third-order valence-corrected chi connectivity index (χ3v) is 4.74. The summed E-state index contributed by atoms with van der Waals surface area (Å²) < 4.78 is 18.4. The van der Waals surface area contributed by atoms with Gasteiger partial charge in [0, 0.05) is 18.8 Å². The van der Waals surface area contributed by atoms with Crippen LogP contribution in [0.5, 0.6) is 5.75 Å². The molecule has 1 heterocycles. The lowest BCUT2D eigenvalue weighted by Crippen LogP contribution is -2.49. The Morgan fingerprint density at radius 1 is 1.20 bits per heavy atom. The highest BCUT2D eigenvalue weighted by molar-refractivity contribution is 5.94. The first-order valence-electron chi connectivity index (χ1n) is 8.09. The van der Waals surface area contributed by atoms with Crippen molar-refractivity contribution in [1.29, 1.82) is 0 Å². The standard InChI is InChI=1S/C19H21FN2O3/c1-19(13-23,14-4-3-5-17(12-14)25-2)22-11-10-21(18(22)24)16-8-6-15(20)7-9-16/h3-9,12,23H,10-11,13H2,1-2H3. The van der Waals surface area contributed by atoms with Crippen LogP contribution in [0.1, 0.15) is 12.5 Å². The number of methoxy groups -OCH3 is 1. The fourth-order valence-electron chi connectivity index (χ4n) is 3.15. The normalized spacial score (nSPS) is 16.9. The van der Waals surface area contributed by atoms with Crippen LogP contribution < -0.4 is 9.64 Å². The van der Waals surface area contributed by atoms with Gasteiger partial charge in [-0.15, -0.1) is 0 Å². The summed E-state index contributed by atoms with van der Waals surface area (Å²) in [6, 6.07) is 13.0. The monoisotopic (exact) mass is 344 g/mol. The Kier molecular flexibility index (Phi) is 4.63. The lowest BCUT2D eigenvalue weighted by atomic mass is 9.91. The van der Waals surface area contributed by atoms with Crippen molar-refractivity contribution in [3.8, 4) is 5.75 Å². The molecule has 0 aliphatic carbocycles. The predicted octanol–water partition coefficient (Wildman–Crippen LogP) is 2.98. The van der Waals surface area contributed by atoms with Crippen molar-refractivity contribution in [3.63, 3.8) is 0 Å². The number of anilines is 1. The molecule has 0 bridgehead atoms. The van der Waals surface area contributed by atoms with Gasteiger partial charge in [0.15, 0.2) is 0 Å². The van der Waals surface area contributed by atoms with E-state index < -0.39 is 5.54 Å². The molecule has 2 aromatic rings. The highest BCUT2D eigenvalue weighted by Gasteiger charge is 2.42. The SMILES string of the molecule is COc1cccc(C(C)(CO)N2CCN(c3ccc(F)cc3)C2=O)c1. The van der Waals surface area contributed by atoms with Gasteiger partial charge in [-0.05, 0) is 48.9 Å². The minimum absolute atomic E-state index is 0.217. The smallest absolute Gasteiger partial charge is 0.325 e. The van der Waals surface area contributed by atoms with Crippen molar-refractivity contribution in [2.75, 3.05) is 31.7 Å². The van der Waals surface area contributed by atoms with Gasteiger partial charge < -0.3 is 14.7 Å². The average Bonchev–Trinajstić information content (AvgIpc) is 3.03. The minimum atomic E-state index is -0.875. The molecule has 132 valence electrons. The molecule has 1 aliphatic rings. The predicted molar refractivity (Wildman–Crippen MR) is 93.3 cm³/mol. The van der Waals surface area contributed by atoms with Crippen LogP contribution in [0.3, 0.4) is 0 Å². The molecule has 2 amide bonds. The van der Waals surface area contributed by atoms with Crippen molar-refractivity contribution >= 4 is 11.7 Å². The second-order valence-corrected chi connectivity index (χ2v) is 6.23. The maximum absolute atomic E-state index is 13.1. The van der Waals surface area contributed by atoms with Gasteiger partial charge in [0.25, 0.3) is 0 Å². The lowest BCUT2D eigenvalue weighted by Gasteiger charge is -2.37. The van der Waals surface area contributed by atoms with Gasteiger partial charge in [0.2, 0.25) is 0 Å². The van der Waals surface area contributed by atoms with Gasteiger partial charge in [-0.1, -0.05) is 12.1 Å². The van der Waals surface area contributed by atoms with Crippen LogP contribution in [0, 0.1) is 5.82 Å². The summed E-state index contributed by atoms with van der Waals surface area (Å²) in [5.41, 5.74) is 0.559. The number of aliphatic hydroxyl groups excluding tert-OH is 1. The van der Waals surface area contributed by atoms with E-state index >= 15 is 0 Å². The quantitative estimate of drug-likeness (QED) is 0.907. The van der Waals surface area contributed by atoms with Crippen LogP contribution >= 0.6 is 0 Å². The van der Waals surface area contributed by atoms with Gasteiger partial charge in [0.1, 0.15) is 11.6 Å². The van der Waals surface area contributed by atoms with Gasteiger partial charge in [-0.2, -0.15) is 0 Å². The first kappa shape index (κ1) is 17.2. The summed E-state index contributed by atoms with van der Waals surface area (Å²) in [7, 11) is 1.58. The van der Waals surface area contributed by atoms with Gasteiger partial charge in [0.05, 0.1) is 19.3 Å². The highest BCUT2D eigenvalue weighted by atomic mass is 19.1. The van der Waals surface area contributed by atoms with Gasteiger partial charge >= 0.3 is 6.03 Å². The van der Waals surface area contributed by atoms with Gasteiger partial charge in [-0.25, -0.2) is 9.18 Å². The van der Waals surface area contributed by atoms with Crippen LogP contribution in [-0.4, -0.2) is 42.8 Å². The number of carbonyl (C=O) groups is 1. The Bertz CT molecular complexity index is 766. The molecule has 5 nitrogen and oxygen atoms in total. The third kappa shape index (κ3) is 3.05. The van der Waals surface area contributed by atoms with E-state index in [0.29, 0.717) is 24.5 Å². The Hall–Kier alpha value is -2.60. The van der Waals surface area contributed by atoms with Crippen molar-refractivity contribution < 1.29 is 19.0 Å². The largest absolute Gasteiger partial charge is 0.497 e. The third-order valence-electron chi connectivity index (χ3n) is 4.74. The summed E-state index contributed by atoms with van der Waals surface area (Å²) in [6.07, 6.45) is 0. The van der Waals surface area contributed by atoms with E-state index in [1.807, 2.05) is 31.2 Å². The molecule has 0 radical (unpaired) electrons.